The first kappa shape index (κ1) is 12.1. The summed E-state index contributed by atoms with van der Waals surface area (Å²) >= 11 is 0. The van der Waals surface area contributed by atoms with Crippen LogP contribution in [0.2, 0.25) is 0 Å². The van der Waals surface area contributed by atoms with Gasteiger partial charge in [-0.25, -0.2) is 4.99 Å². The zero-order chi connectivity index (χ0) is 13.2. The highest BCUT2D eigenvalue weighted by molar-refractivity contribution is 5.83. The van der Waals surface area contributed by atoms with Gasteiger partial charge in [-0.2, -0.15) is 10.2 Å². The number of hydrogen-bond donors (Lipinski definition) is 0. The molecule has 1 aromatic rings. The fraction of sp³-hybridized carbons (Fsp3) is 0.500. The zero-order valence-electron chi connectivity index (χ0n) is 10.6. The number of hydrogen-bond acceptors (Lipinski definition) is 4. The largest absolute Gasteiger partial charge is 0.272 e. The van der Waals surface area contributed by atoms with Gasteiger partial charge < -0.3 is 0 Å². The van der Waals surface area contributed by atoms with Crippen LogP contribution in [0.1, 0.15) is 30.9 Å². The Balaban J connectivity index is 1.80. The Labute approximate surface area is 111 Å². The summed E-state index contributed by atoms with van der Waals surface area (Å²) in [4.78, 5) is 19.3. The van der Waals surface area contributed by atoms with E-state index >= 15 is 0 Å². The first-order chi connectivity index (χ1) is 9.29. The van der Waals surface area contributed by atoms with Crippen LogP contribution in [0.4, 0.5) is 0 Å². The van der Waals surface area contributed by atoms with E-state index in [1.54, 1.807) is 12.4 Å². The minimum absolute atomic E-state index is 0.00779. The normalized spacial score (nSPS) is 32.8. The number of aliphatic imine (C=N–C) groups is 1. The van der Waals surface area contributed by atoms with Crippen molar-refractivity contribution in [3.8, 4) is 0 Å². The van der Waals surface area contributed by atoms with Crippen LogP contribution in [0, 0.1) is 11.8 Å². The van der Waals surface area contributed by atoms with Gasteiger partial charge in [-0.1, -0.05) is 0 Å². The summed E-state index contributed by atoms with van der Waals surface area (Å²) in [5.41, 5.74) is 1.13. The van der Waals surface area contributed by atoms with Crippen molar-refractivity contribution in [2.24, 2.45) is 27.1 Å². The fourth-order valence-electron chi connectivity index (χ4n) is 3.14. The summed E-state index contributed by atoms with van der Waals surface area (Å²) in [5.74, 6) is 0.220. The van der Waals surface area contributed by atoms with Crippen molar-refractivity contribution >= 4 is 12.6 Å². The van der Waals surface area contributed by atoms with E-state index in [4.69, 9.17) is 0 Å². The van der Waals surface area contributed by atoms with Gasteiger partial charge in [0, 0.05) is 24.2 Å². The number of carbonyl (C=O) groups excluding carboxylic acids is 1. The number of amides is 1. The van der Waals surface area contributed by atoms with Crippen LogP contribution in [-0.4, -0.2) is 23.7 Å². The minimum Gasteiger partial charge on any atom is -0.272 e. The Kier molecular flexibility index (Phi) is 3.19. The smallest absolute Gasteiger partial charge is 0.248 e. The van der Waals surface area contributed by atoms with Crippen molar-refractivity contribution in [2.45, 2.75) is 31.3 Å². The van der Waals surface area contributed by atoms with E-state index in [1.165, 1.54) is 0 Å². The highest BCUT2D eigenvalue weighted by atomic mass is 16.1. The first-order valence-electron chi connectivity index (χ1n) is 6.60. The van der Waals surface area contributed by atoms with Gasteiger partial charge in [-0.15, -0.1) is 0 Å². The lowest BCUT2D eigenvalue weighted by atomic mass is 9.74. The van der Waals surface area contributed by atoms with Gasteiger partial charge >= 0.3 is 0 Å². The van der Waals surface area contributed by atoms with Crippen molar-refractivity contribution < 1.29 is 4.79 Å². The van der Waals surface area contributed by atoms with E-state index in [1.807, 2.05) is 12.1 Å². The van der Waals surface area contributed by atoms with Crippen molar-refractivity contribution in [2.75, 3.05) is 0 Å². The molecular formula is C14H16N4O. The Morgan fingerprint density at radius 3 is 2.79 bits per heavy atom. The van der Waals surface area contributed by atoms with Gasteiger partial charge in [-0.05, 0) is 43.7 Å². The molecule has 1 aromatic heterocycles. The molecule has 5 heteroatoms. The number of carbonyl (C=O) groups is 1. The van der Waals surface area contributed by atoms with Crippen LogP contribution in [0.5, 0.6) is 0 Å². The molecule has 2 aliphatic rings. The standard InChI is InChI=1S/C14H16N4O/c1-15-14(19)10-2-3-12-11(8-10)13(18-17-12)9-4-6-16-7-5-9/h4-7,10-13H,1-3,8H2. The molecular weight excluding hydrogens is 240 g/mol. The van der Waals surface area contributed by atoms with Crippen molar-refractivity contribution in [1.29, 1.82) is 0 Å². The maximum atomic E-state index is 11.7. The Morgan fingerprint density at radius 1 is 1.26 bits per heavy atom. The molecule has 19 heavy (non-hydrogen) atoms. The minimum atomic E-state index is -0.0844. The number of fused-ring (bicyclic) bond motifs is 1. The molecule has 1 amide bonds. The van der Waals surface area contributed by atoms with Crippen LogP contribution in [0.15, 0.2) is 39.7 Å². The lowest BCUT2D eigenvalue weighted by Crippen LogP contribution is -2.31. The molecule has 0 saturated heterocycles. The third kappa shape index (κ3) is 2.20. The van der Waals surface area contributed by atoms with Crippen molar-refractivity contribution in [3.05, 3.63) is 30.1 Å². The van der Waals surface area contributed by atoms with E-state index in [2.05, 4.69) is 26.9 Å². The number of azo groups is 1. The second kappa shape index (κ2) is 4.99. The summed E-state index contributed by atoms with van der Waals surface area (Å²) in [6.45, 7) is 3.34. The molecule has 2 heterocycles. The Bertz CT molecular complexity index is 513. The van der Waals surface area contributed by atoms with E-state index in [0.29, 0.717) is 5.92 Å². The summed E-state index contributed by atoms with van der Waals surface area (Å²) in [6, 6.07) is 4.27. The predicted molar refractivity (Wildman–Crippen MR) is 71.0 cm³/mol. The molecule has 0 radical (unpaired) electrons. The molecule has 4 atom stereocenters. The summed E-state index contributed by atoms with van der Waals surface area (Å²) < 4.78 is 0. The molecule has 4 unspecified atom stereocenters. The summed E-state index contributed by atoms with van der Waals surface area (Å²) in [6.07, 6.45) is 6.12. The van der Waals surface area contributed by atoms with Gasteiger partial charge in [0.1, 0.15) is 6.04 Å². The second-order valence-electron chi connectivity index (χ2n) is 5.19. The van der Waals surface area contributed by atoms with Gasteiger partial charge in [0.2, 0.25) is 5.91 Å². The Hall–Kier alpha value is -1.91. The molecule has 1 aliphatic carbocycles. The van der Waals surface area contributed by atoms with Crippen molar-refractivity contribution in [1.82, 2.24) is 4.98 Å². The highest BCUT2D eigenvalue weighted by Gasteiger charge is 2.42. The van der Waals surface area contributed by atoms with Gasteiger partial charge in [0.05, 0.1) is 6.04 Å². The molecule has 1 fully saturated rings. The summed E-state index contributed by atoms with van der Waals surface area (Å²) in [7, 11) is 0. The highest BCUT2D eigenvalue weighted by Crippen LogP contribution is 2.45. The average molecular weight is 256 g/mol. The topological polar surface area (TPSA) is 67.0 Å². The van der Waals surface area contributed by atoms with Crippen LogP contribution < -0.4 is 0 Å². The van der Waals surface area contributed by atoms with Crippen LogP contribution in [0.25, 0.3) is 0 Å². The lowest BCUT2D eigenvalue weighted by Gasteiger charge is -2.30. The summed E-state index contributed by atoms with van der Waals surface area (Å²) in [5, 5.41) is 8.79. The number of aromatic nitrogens is 1. The molecule has 98 valence electrons. The van der Waals surface area contributed by atoms with E-state index in [0.717, 1.165) is 24.8 Å². The first-order valence-corrected chi connectivity index (χ1v) is 6.60. The molecule has 0 aromatic carbocycles. The predicted octanol–water partition coefficient (Wildman–Crippen LogP) is 2.60. The SMILES string of the molecule is C=NC(=O)C1CCC2N=NC(c3ccncc3)C2C1. The molecule has 5 nitrogen and oxygen atoms in total. The molecule has 0 N–H and O–H groups in total. The second-order valence-corrected chi connectivity index (χ2v) is 5.19. The van der Waals surface area contributed by atoms with Gasteiger partial charge in [0.25, 0.3) is 0 Å². The van der Waals surface area contributed by atoms with E-state index < -0.39 is 0 Å². The molecule has 0 bridgehead atoms. The molecule has 3 rings (SSSR count). The number of rotatable bonds is 2. The maximum absolute atomic E-state index is 11.7. The van der Waals surface area contributed by atoms with Crippen LogP contribution in [0.3, 0.4) is 0 Å². The zero-order valence-corrected chi connectivity index (χ0v) is 10.6. The van der Waals surface area contributed by atoms with E-state index in [9.17, 15) is 4.79 Å². The van der Waals surface area contributed by atoms with Gasteiger partial charge in [0.15, 0.2) is 0 Å². The monoisotopic (exact) mass is 256 g/mol. The number of nitrogens with zero attached hydrogens (tertiary/aromatic N) is 4. The molecule has 1 aliphatic heterocycles. The van der Waals surface area contributed by atoms with Crippen LogP contribution in [-0.2, 0) is 4.79 Å². The quantitative estimate of drug-likeness (QED) is 0.763. The van der Waals surface area contributed by atoms with E-state index in [-0.39, 0.29) is 23.9 Å². The Morgan fingerprint density at radius 2 is 2.05 bits per heavy atom. The lowest BCUT2D eigenvalue weighted by molar-refractivity contribution is -0.123. The molecule has 1 saturated carbocycles. The van der Waals surface area contributed by atoms with Crippen molar-refractivity contribution in [3.63, 3.8) is 0 Å². The van der Waals surface area contributed by atoms with Gasteiger partial charge in [-0.3, -0.25) is 9.78 Å². The maximum Gasteiger partial charge on any atom is 0.248 e. The third-order valence-electron chi connectivity index (χ3n) is 4.16. The average Bonchev–Trinajstić information content (AvgIpc) is 2.90. The van der Waals surface area contributed by atoms with Crippen LogP contribution >= 0.6 is 0 Å². The third-order valence-corrected chi connectivity index (χ3v) is 4.16. The number of pyridine rings is 1. The fourth-order valence-corrected chi connectivity index (χ4v) is 3.14. The molecule has 0 spiro atoms.